The highest BCUT2D eigenvalue weighted by Gasteiger charge is 2.35. The molecule has 1 aliphatic rings. The number of methoxy groups -OCH3 is 2. The topological polar surface area (TPSA) is 135 Å². The molecule has 1 aliphatic heterocycles. The van der Waals surface area contributed by atoms with Gasteiger partial charge >= 0.3 is 5.97 Å². The van der Waals surface area contributed by atoms with Crippen LogP contribution in [-0.2, 0) is 9.53 Å². The molecule has 1 atom stereocenters. The number of aromatic nitrogens is 1. The lowest BCUT2D eigenvalue weighted by atomic mass is 9.93. The van der Waals surface area contributed by atoms with E-state index in [1.807, 2.05) is 30.3 Å². The number of carbonyl (C=O) groups is 1. The number of benzene rings is 3. The third-order valence-electron chi connectivity index (χ3n) is 7.37. The minimum absolute atomic E-state index is 0.136. The van der Waals surface area contributed by atoms with Crippen LogP contribution in [0.25, 0.3) is 23.1 Å². The molecule has 0 amide bonds. The molecule has 11 nitrogen and oxygen atoms in total. The standard InChI is InChI=1S/C34H27N3O8S/c1-4-44-33(39)29-30(20-8-6-5-7-9-20)35-34-36(31(29)21-10-12-22(42-2)13-11-21)32(38)28(46-34)19-24-15-17-27(45-24)25-16-14-23(43-3)18-26(25)37(40)41/h5-19,31H,4H2,1-3H3/b28-19-/t31-/m1/s1. The van der Waals surface area contributed by atoms with Crippen molar-refractivity contribution in [2.24, 2.45) is 4.99 Å². The Morgan fingerprint density at radius 1 is 1.02 bits per heavy atom. The Morgan fingerprint density at radius 2 is 1.74 bits per heavy atom. The number of rotatable bonds is 9. The van der Waals surface area contributed by atoms with E-state index in [1.165, 1.54) is 17.7 Å². The molecule has 0 saturated carbocycles. The van der Waals surface area contributed by atoms with Crippen LogP contribution in [0.15, 0.2) is 105 Å². The quantitative estimate of drug-likeness (QED) is 0.123. The van der Waals surface area contributed by atoms with Crippen LogP contribution in [0.5, 0.6) is 11.5 Å². The number of furan rings is 1. The average Bonchev–Trinajstić information content (AvgIpc) is 3.67. The molecule has 46 heavy (non-hydrogen) atoms. The van der Waals surface area contributed by atoms with Gasteiger partial charge in [0, 0.05) is 11.6 Å². The number of thiazole rings is 1. The summed E-state index contributed by atoms with van der Waals surface area (Å²) in [5, 5.41) is 11.7. The van der Waals surface area contributed by atoms with E-state index in [2.05, 4.69) is 0 Å². The Kier molecular flexibility index (Phi) is 8.36. The molecule has 0 aliphatic carbocycles. The summed E-state index contributed by atoms with van der Waals surface area (Å²) < 4.78 is 23.7. The first-order valence-corrected chi connectivity index (χ1v) is 15.0. The zero-order valence-corrected chi connectivity index (χ0v) is 25.8. The van der Waals surface area contributed by atoms with Crippen LogP contribution >= 0.6 is 11.3 Å². The predicted octanol–water partition coefficient (Wildman–Crippen LogP) is 5.12. The number of hydrogen-bond acceptors (Lipinski definition) is 10. The highest BCUT2D eigenvalue weighted by Crippen LogP contribution is 2.36. The number of fused-ring (bicyclic) bond motifs is 1. The normalized spacial score (nSPS) is 14.4. The minimum atomic E-state index is -0.854. The Bertz CT molecular complexity index is 2160. The number of ether oxygens (including phenoxy) is 3. The number of esters is 1. The van der Waals surface area contributed by atoms with Crippen molar-refractivity contribution in [1.82, 2.24) is 4.57 Å². The van der Waals surface area contributed by atoms with Crippen LogP contribution in [-0.4, -0.2) is 36.3 Å². The lowest BCUT2D eigenvalue weighted by molar-refractivity contribution is -0.384. The van der Waals surface area contributed by atoms with Crippen molar-refractivity contribution in [2.75, 3.05) is 20.8 Å². The fourth-order valence-corrected chi connectivity index (χ4v) is 6.23. The zero-order chi connectivity index (χ0) is 32.4. The van der Waals surface area contributed by atoms with Gasteiger partial charge in [-0.3, -0.25) is 19.5 Å². The molecule has 6 rings (SSSR count). The Balaban J connectivity index is 1.53. The molecule has 0 N–H and O–H groups in total. The molecule has 5 aromatic rings. The van der Waals surface area contributed by atoms with Gasteiger partial charge in [-0.15, -0.1) is 0 Å². The monoisotopic (exact) mass is 637 g/mol. The SMILES string of the molecule is CCOC(=O)C1=C(c2ccccc2)N=c2s/c(=C\c3ccc(-c4ccc(OC)cc4[N+](=O)[O-])o3)c(=O)n2[C@@H]1c1ccc(OC)cc1. The lowest BCUT2D eigenvalue weighted by Crippen LogP contribution is -2.40. The molecule has 232 valence electrons. The Hall–Kier alpha value is -5.75. The molecular formula is C34H27N3O8S. The number of carbonyl (C=O) groups excluding carboxylic acids is 1. The zero-order valence-electron chi connectivity index (χ0n) is 25.0. The highest BCUT2D eigenvalue weighted by atomic mass is 32.1. The first-order chi connectivity index (χ1) is 22.3. The summed E-state index contributed by atoms with van der Waals surface area (Å²) in [5.74, 6) is 0.926. The second-order valence-corrected chi connectivity index (χ2v) is 11.1. The van der Waals surface area contributed by atoms with Crippen LogP contribution in [0, 0.1) is 10.1 Å². The van der Waals surface area contributed by atoms with Crippen molar-refractivity contribution in [3.05, 3.63) is 137 Å². The molecule has 12 heteroatoms. The summed E-state index contributed by atoms with van der Waals surface area (Å²) in [6, 6.07) is 23.2. The van der Waals surface area contributed by atoms with E-state index in [0.717, 1.165) is 11.3 Å². The summed E-state index contributed by atoms with van der Waals surface area (Å²) >= 11 is 1.14. The fraction of sp³-hybridized carbons (Fsp3) is 0.147. The maximum absolute atomic E-state index is 14.1. The lowest BCUT2D eigenvalue weighted by Gasteiger charge is -2.26. The van der Waals surface area contributed by atoms with Crippen molar-refractivity contribution < 1.29 is 28.3 Å². The van der Waals surface area contributed by atoms with E-state index in [-0.39, 0.29) is 29.2 Å². The molecular weight excluding hydrogens is 610 g/mol. The second kappa shape index (κ2) is 12.7. The van der Waals surface area contributed by atoms with E-state index >= 15 is 0 Å². The summed E-state index contributed by atoms with van der Waals surface area (Å²) in [7, 11) is 2.99. The van der Waals surface area contributed by atoms with Gasteiger partial charge in [-0.05, 0) is 48.9 Å². The first kappa shape index (κ1) is 30.3. The largest absolute Gasteiger partial charge is 0.497 e. The van der Waals surface area contributed by atoms with Crippen LogP contribution in [0.4, 0.5) is 5.69 Å². The van der Waals surface area contributed by atoms with Crippen molar-refractivity contribution in [3.8, 4) is 22.8 Å². The third kappa shape index (κ3) is 5.61. The number of nitro groups is 1. The van der Waals surface area contributed by atoms with E-state index in [4.69, 9.17) is 23.6 Å². The summed E-state index contributed by atoms with van der Waals surface area (Å²) in [4.78, 5) is 44.2. The summed E-state index contributed by atoms with van der Waals surface area (Å²) in [5.41, 5.74) is 1.67. The molecule has 2 aromatic heterocycles. The van der Waals surface area contributed by atoms with Crippen LogP contribution in [0.3, 0.4) is 0 Å². The van der Waals surface area contributed by atoms with Crippen LogP contribution in [0.1, 0.15) is 29.9 Å². The van der Waals surface area contributed by atoms with Gasteiger partial charge in [-0.2, -0.15) is 0 Å². The van der Waals surface area contributed by atoms with E-state index in [9.17, 15) is 19.7 Å². The van der Waals surface area contributed by atoms with Gasteiger partial charge in [-0.25, -0.2) is 9.79 Å². The van der Waals surface area contributed by atoms with E-state index < -0.39 is 22.5 Å². The maximum atomic E-state index is 14.1. The van der Waals surface area contributed by atoms with Crippen molar-refractivity contribution in [2.45, 2.75) is 13.0 Å². The van der Waals surface area contributed by atoms with Crippen LogP contribution in [0.2, 0.25) is 0 Å². The van der Waals surface area contributed by atoms with Gasteiger partial charge < -0.3 is 18.6 Å². The van der Waals surface area contributed by atoms with Gasteiger partial charge in [-0.1, -0.05) is 53.8 Å². The Labute approximate surface area is 266 Å². The predicted molar refractivity (Wildman–Crippen MR) is 171 cm³/mol. The van der Waals surface area contributed by atoms with Gasteiger partial charge in [0.2, 0.25) is 0 Å². The second-order valence-electron chi connectivity index (χ2n) is 10.0. The number of nitrogens with zero attached hydrogens (tertiary/aromatic N) is 3. The number of nitro benzene ring substituents is 1. The molecule has 3 heterocycles. The van der Waals surface area contributed by atoms with Crippen molar-refractivity contribution in [3.63, 3.8) is 0 Å². The van der Waals surface area contributed by atoms with Gasteiger partial charge in [0.1, 0.15) is 23.0 Å². The first-order valence-electron chi connectivity index (χ1n) is 14.2. The molecule has 0 spiro atoms. The van der Waals surface area contributed by atoms with Crippen molar-refractivity contribution in [1.29, 1.82) is 0 Å². The average molecular weight is 638 g/mol. The fourth-order valence-electron chi connectivity index (χ4n) is 5.24. The molecule has 0 radical (unpaired) electrons. The van der Waals surface area contributed by atoms with E-state index in [1.54, 1.807) is 68.6 Å². The maximum Gasteiger partial charge on any atom is 0.338 e. The Morgan fingerprint density at radius 3 is 2.41 bits per heavy atom. The molecule has 0 bridgehead atoms. The van der Waals surface area contributed by atoms with Crippen molar-refractivity contribution >= 4 is 34.8 Å². The van der Waals surface area contributed by atoms with E-state index in [0.29, 0.717) is 43.4 Å². The molecule has 0 fully saturated rings. The highest BCUT2D eigenvalue weighted by molar-refractivity contribution is 7.07. The smallest absolute Gasteiger partial charge is 0.338 e. The summed E-state index contributed by atoms with van der Waals surface area (Å²) in [6.45, 7) is 1.85. The molecule has 0 unspecified atom stereocenters. The summed E-state index contributed by atoms with van der Waals surface area (Å²) in [6.07, 6.45) is 1.56. The van der Waals surface area contributed by atoms with Crippen LogP contribution < -0.4 is 24.4 Å². The molecule has 0 saturated heterocycles. The number of hydrogen-bond donors (Lipinski definition) is 0. The van der Waals surface area contributed by atoms with Gasteiger partial charge in [0.05, 0.1) is 59.2 Å². The minimum Gasteiger partial charge on any atom is -0.497 e. The molecule has 3 aromatic carbocycles. The van der Waals surface area contributed by atoms with Gasteiger partial charge in [0.25, 0.3) is 11.2 Å². The van der Waals surface area contributed by atoms with Gasteiger partial charge in [0.15, 0.2) is 4.80 Å². The third-order valence-corrected chi connectivity index (χ3v) is 8.36.